The SMILES string of the molecule is CCCCNC(=O)c1ccc(Cc2cc(C(=O)NC3CCOCC3)nc3c2OCC3)cc1F. The molecule has 4 rings (SSSR count). The minimum atomic E-state index is -0.564. The Balaban J connectivity index is 1.51. The molecule has 0 aliphatic carbocycles. The summed E-state index contributed by atoms with van der Waals surface area (Å²) in [6.07, 6.45) is 4.37. The maximum Gasteiger partial charge on any atom is 0.270 e. The van der Waals surface area contributed by atoms with E-state index in [-0.39, 0.29) is 17.5 Å². The van der Waals surface area contributed by atoms with Crippen molar-refractivity contribution in [1.82, 2.24) is 15.6 Å². The van der Waals surface area contributed by atoms with Crippen molar-refractivity contribution in [1.29, 1.82) is 0 Å². The fraction of sp³-hybridized carbons (Fsp3) is 0.480. The molecule has 2 N–H and O–H groups in total. The quantitative estimate of drug-likeness (QED) is 0.597. The number of aromatic nitrogens is 1. The van der Waals surface area contributed by atoms with Crippen LogP contribution in [0.1, 0.15) is 70.3 Å². The van der Waals surface area contributed by atoms with Gasteiger partial charge in [-0.15, -0.1) is 0 Å². The van der Waals surface area contributed by atoms with Crippen LogP contribution < -0.4 is 15.4 Å². The number of halogens is 1. The number of fused-ring (bicyclic) bond motifs is 1. The normalized spacial score (nSPS) is 15.6. The molecule has 33 heavy (non-hydrogen) atoms. The average Bonchev–Trinajstić information content (AvgIpc) is 3.29. The van der Waals surface area contributed by atoms with E-state index in [1.54, 1.807) is 12.1 Å². The largest absolute Gasteiger partial charge is 0.491 e. The Labute approximate surface area is 193 Å². The Morgan fingerprint density at radius 2 is 1.97 bits per heavy atom. The molecule has 2 aliphatic rings. The topological polar surface area (TPSA) is 89.6 Å². The van der Waals surface area contributed by atoms with Crippen LogP contribution in [-0.2, 0) is 17.6 Å². The molecular formula is C25H30FN3O4. The number of unbranched alkanes of at least 4 members (excludes halogenated alkanes) is 1. The lowest BCUT2D eigenvalue weighted by Crippen LogP contribution is -2.39. The zero-order valence-electron chi connectivity index (χ0n) is 18.9. The van der Waals surface area contributed by atoms with Crippen LogP contribution in [0.2, 0.25) is 0 Å². The second kappa shape index (κ2) is 10.7. The van der Waals surface area contributed by atoms with E-state index >= 15 is 0 Å². The Morgan fingerprint density at radius 1 is 1.15 bits per heavy atom. The molecule has 8 heteroatoms. The van der Waals surface area contributed by atoms with E-state index in [2.05, 4.69) is 15.6 Å². The zero-order valence-corrected chi connectivity index (χ0v) is 18.9. The highest BCUT2D eigenvalue weighted by atomic mass is 19.1. The molecule has 0 saturated carbocycles. The Kier molecular flexibility index (Phi) is 7.54. The first kappa shape index (κ1) is 23.2. The van der Waals surface area contributed by atoms with Crippen molar-refractivity contribution in [3.8, 4) is 5.75 Å². The maximum atomic E-state index is 14.7. The predicted octanol–water partition coefficient (Wildman–Crippen LogP) is 3.19. The van der Waals surface area contributed by atoms with Crippen LogP contribution in [0, 0.1) is 5.82 Å². The number of nitrogens with one attached hydrogen (secondary N) is 2. The van der Waals surface area contributed by atoms with Gasteiger partial charge in [0.2, 0.25) is 0 Å². The van der Waals surface area contributed by atoms with Gasteiger partial charge in [0.05, 0.1) is 17.9 Å². The van der Waals surface area contributed by atoms with Gasteiger partial charge in [0, 0.05) is 44.2 Å². The fourth-order valence-corrected chi connectivity index (χ4v) is 4.14. The van der Waals surface area contributed by atoms with Crippen molar-refractivity contribution >= 4 is 11.8 Å². The van der Waals surface area contributed by atoms with Gasteiger partial charge in [0.15, 0.2) is 0 Å². The van der Waals surface area contributed by atoms with E-state index in [0.717, 1.165) is 36.9 Å². The summed E-state index contributed by atoms with van der Waals surface area (Å²) >= 11 is 0. The number of pyridine rings is 1. The monoisotopic (exact) mass is 455 g/mol. The molecule has 1 aromatic carbocycles. The lowest BCUT2D eigenvalue weighted by atomic mass is 10.0. The molecule has 176 valence electrons. The van der Waals surface area contributed by atoms with Gasteiger partial charge in [-0.25, -0.2) is 9.37 Å². The van der Waals surface area contributed by atoms with Crippen molar-refractivity contribution in [2.75, 3.05) is 26.4 Å². The molecule has 3 heterocycles. The maximum absolute atomic E-state index is 14.7. The molecule has 2 aliphatic heterocycles. The minimum absolute atomic E-state index is 0.0302. The molecule has 7 nitrogen and oxygen atoms in total. The van der Waals surface area contributed by atoms with Gasteiger partial charge in [-0.3, -0.25) is 9.59 Å². The molecule has 0 unspecified atom stereocenters. The highest BCUT2D eigenvalue weighted by Crippen LogP contribution is 2.31. The molecular weight excluding hydrogens is 425 g/mol. The molecule has 1 aromatic heterocycles. The third kappa shape index (κ3) is 5.68. The third-order valence-electron chi connectivity index (χ3n) is 5.98. The van der Waals surface area contributed by atoms with Crippen molar-refractivity contribution in [3.63, 3.8) is 0 Å². The van der Waals surface area contributed by atoms with Crippen LogP contribution in [0.3, 0.4) is 0 Å². The van der Waals surface area contributed by atoms with Gasteiger partial charge in [0.1, 0.15) is 17.3 Å². The van der Waals surface area contributed by atoms with Crippen LogP contribution in [0.15, 0.2) is 24.3 Å². The number of ether oxygens (including phenoxy) is 2. The number of benzene rings is 1. The van der Waals surface area contributed by atoms with Crippen LogP contribution in [0.4, 0.5) is 4.39 Å². The number of carbonyl (C=O) groups is 2. The first-order chi connectivity index (χ1) is 16.0. The summed E-state index contributed by atoms with van der Waals surface area (Å²) in [6.45, 7) is 4.34. The van der Waals surface area contributed by atoms with Gasteiger partial charge >= 0.3 is 0 Å². The number of nitrogens with zero attached hydrogens (tertiary/aromatic N) is 1. The lowest BCUT2D eigenvalue weighted by molar-refractivity contribution is 0.0694. The van der Waals surface area contributed by atoms with E-state index in [4.69, 9.17) is 9.47 Å². The standard InChI is InChI=1S/C25H30FN3O4/c1-2-3-9-27-24(30)19-5-4-16(14-20(19)26)13-17-15-22(29-21-8-12-33-23(17)21)25(31)28-18-6-10-32-11-7-18/h4-5,14-15,18H,2-3,6-13H2,1H3,(H,27,30)(H,28,31). The number of carbonyl (C=O) groups excluding carboxylic acids is 2. The summed E-state index contributed by atoms with van der Waals surface area (Å²) in [6, 6.07) is 6.42. The molecule has 1 saturated heterocycles. The van der Waals surface area contributed by atoms with Gasteiger partial charge in [0.25, 0.3) is 11.8 Å². The number of rotatable bonds is 8. The van der Waals surface area contributed by atoms with Crippen LogP contribution in [-0.4, -0.2) is 49.2 Å². The first-order valence-electron chi connectivity index (χ1n) is 11.7. The predicted molar refractivity (Wildman–Crippen MR) is 121 cm³/mol. The summed E-state index contributed by atoms with van der Waals surface area (Å²) in [5.41, 5.74) is 2.60. The molecule has 0 radical (unpaired) electrons. The molecule has 2 aromatic rings. The molecule has 0 spiro atoms. The highest BCUT2D eigenvalue weighted by Gasteiger charge is 2.24. The zero-order chi connectivity index (χ0) is 23.2. The Bertz CT molecular complexity index is 1020. The summed E-state index contributed by atoms with van der Waals surface area (Å²) in [5, 5.41) is 5.78. The van der Waals surface area contributed by atoms with E-state index in [9.17, 15) is 14.0 Å². The second-order valence-electron chi connectivity index (χ2n) is 8.50. The molecule has 2 amide bonds. The fourth-order valence-electron chi connectivity index (χ4n) is 4.14. The van der Waals surface area contributed by atoms with E-state index in [1.165, 1.54) is 12.1 Å². The summed E-state index contributed by atoms with van der Waals surface area (Å²) in [5.74, 6) is -0.527. The second-order valence-corrected chi connectivity index (χ2v) is 8.50. The number of amides is 2. The van der Waals surface area contributed by atoms with Crippen molar-refractivity contribution in [3.05, 3.63) is 58.2 Å². The van der Waals surface area contributed by atoms with Crippen LogP contribution >= 0.6 is 0 Å². The smallest absolute Gasteiger partial charge is 0.270 e. The Morgan fingerprint density at radius 3 is 2.73 bits per heavy atom. The van der Waals surface area contributed by atoms with Gasteiger partial charge in [-0.1, -0.05) is 19.4 Å². The van der Waals surface area contributed by atoms with Gasteiger partial charge in [-0.2, -0.15) is 0 Å². The third-order valence-corrected chi connectivity index (χ3v) is 5.98. The van der Waals surface area contributed by atoms with Crippen LogP contribution in [0.25, 0.3) is 0 Å². The van der Waals surface area contributed by atoms with E-state index in [0.29, 0.717) is 56.2 Å². The van der Waals surface area contributed by atoms with E-state index in [1.807, 2.05) is 6.92 Å². The van der Waals surface area contributed by atoms with Crippen molar-refractivity contribution in [2.45, 2.75) is 51.5 Å². The average molecular weight is 456 g/mol. The highest BCUT2D eigenvalue weighted by molar-refractivity contribution is 5.94. The van der Waals surface area contributed by atoms with Gasteiger partial charge in [-0.05, 0) is 43.0 Å². The summed E-state index contributed by atoms with van der Waals surface area (Å²) < 4.78 is 25.8. The lowest BCUT2D eigenvalue weighted by Gasteiger charge is -2.23. The molecule has 1 fully saturated rings. The molecule has 0 bridgehead atoms. The van der Waals surface area contributed by atoms with Crippen molar-refractivity contribution in [2.24, 2.45) is 0 Å². The van der Waals surface area contributed by atoms with E-state index < -0.39 is 11.7 Å². The first-order valence-corrected chi connectivity index (χ1v) is 11.7. The minimum Gasteiger partial charge on any atom is -0.491 e. The summed E-state index contributed by atoms with van der Waals surface area (Å²) in [7, 11) is 0. The van der Waals surface area contributed by atoms with Crippen LogP contribution in [0.5, 0.6) is 5.75 Å². The number of hydrogen-bond donors (Lipinski definition) is 2. The van der Waals surface area contributed by atoms with Gasteiger partial charge < -0.3 is 20.1 Å². The Hall–Kier alpha value is -3.00. The molecule has 0 atom stereocenters. The summed E-state index contributed by atoms with van der Waals surface area (Å²) in [4.78, 5) is 29.6. The van der Waals surface area contributed by atoms with Crippen molar-refractivity contribution < 1.29 is 23.5 Å². The number of hydrogen-bond acceptors (Lipinski definition) is 5.